The van der Waals surface area contributed by atoms with Gasteiger partial charge in [-0.3, -0.25) is 4.79 Å². The Labute approximate surface area is 75.6 Å². The van der Waals surface area contributed by atoms with Gasteiger partial charge in [0.15, 0.2) is 0 Å². The molecular formula is C10H10FNO. The molecule has 2 nitrogen and oxygen atoms in total. The van der Waals surface area contributed by atoms with Crippen molar-refractivity contribution in [1.82, 2.24) is 0 Å². The van der Waals surface area contributed by atoms with E-state index in [1.165, 1.54) is 12.1 Å². The highest BCUT2D eigenvalue weighted by Gasteiger charge is 2.26. The molecule has 3 heteroatoms. The summed E-state index contributed by atoms with van der Waals surface area (Å²) in [7, 11) is 0. The van der Waals surface area contributed by atoms with Gasteiger partial charge >= 0.3 is 0 Å². The van der Waals surface area contributed by atoms with Crippen LogP contribution in [0.3, 0.4) is 0 Å². The lowest BCUT2D eigenvalue weighted by atomic mass is 10.0. The molecule has 1 aliphatic carbocycles. The fraction of sp³-hybridized carbons (Fsp3) is 0.300. The molecule has 2 rings (SSSR count). The highest BCUT2D eigenvalue weighted by molar-refractivity contribution is 5.83. The second-order valence-electron chi connectivity index (χ2n) is 3.34. The minimum atomic E-state index is -0.314. The molecule has 1 amide bonds. The summed E-state index contributed by atoms with van der Waals surface area (Å²) in [5.74, 6) is -0.773. The fourth-order valence-electron chi connectivity index (χ4n) is 1.88. The molecule has 0 saturated carbocycles. The van der Waals surface area contributed by atoms with E-state index in [0.717, 1.165) is 17.5 Å². The lowest BCUT2D eigenvalue weighted by Gasteiger charge is -2.05. The first-order chi connectivity index (χ1) is 6.18. The van der Waals surface area contributed by atoms with Crippen molar-refractivity contribution < 1.29 is 9.18 Å². The Hall–Kier alpha value is -1.38. The Morgan fingerprint density at radius 3 is 3.00 bits per heavy atom. The summed E-state index contributed by atoms with van der Waals surface area (Å²) in [6.45, 7) is 0. The quantitative estimate of drug-likeness (QED) is 0.694. The van der Waals surface area contributed by atoms with E-state index in [4.69, 9.17) is 5.73 Å². The third kappa shape index (κ3) is 1.30. The van der Waals surface area contributed by atoms with Crippen molar-refractivity contribution in [1.29, 1.82) is 0 Å². The van der Waals surface area contributed by atoms with Gasteiger partial charge in [0.2, 0.25) is 5.91 Å². The number of halogens is 1. The number of aryl methyl sites for hydroxylation is 1. The third-order valence-electron chi connectivity index (χ3n) is 2.53. The average molecular weight is 179 g/mol. The Morgan fingerprint density at radius 1 is 1.54 bits per heavy atom. The largest absolute Gasteiger partial charge is 0.369 e. The van der Waals surface area contributed by atoms with Crippen LogP contribution >= 0.6 is 0 Å². The molecule has 0 aromatic heterocycles. The summed E-state index contributed by atoms with van der Waals surface area (Å²) in [5, 5.41) is 0. The first-order valence-electron chi connectivity index (χ1n) is 4.26. The molecule has 0 heterocycles. The van der Waals surface area contributed by atoms with E-state index in [1.807, 2.05) is 0 Å². The summed E-state index contributed by atoms with van der Waals surface area (Å²) in [6, 6.07) is 4.52. The molecule has 68 valence electrons. The van der Waals surface area contributed by atoms with E-state index < -0.39 is 0 Å². The molecule has 2 N–H and O–H groups in total. The summed E-state index contributed by atoms with van der Waals surface area (Å²) in [4.78, 5) is 11.0. The highest BCUT2D eigenvalue weighted by Crippen LogP contribution is 2.32. The van der Waals surface area contributed by atoms with E-state index in [9.17, 15) is 9.18 Å². The number of amides is 1. The van der Waals surface area contributed by atoms with Crippen molar-refractivity contribution in [2.24, 2.45) is 5.73 Å². The second kappa shape index (κ2) is 2.83. The maximum atomic E-state index is 12.8. The third-order valence-corrected chi connectivity index (χ3v) is 2.53. The van der Waals surface area contributed by atoms with Crippen LogP contribution in [0.2, 0.25) is 0 Å². The van der Waals surface area contributed by atoms with E-state index in [2.05, 4.69) is 0 Å². The lowest BCUT2D eigenvalue weighted by molar-refractivity contribution is -0.119. The summed E-state index contributed by atoms with van der Waals surface area (Å²) in [5.41, 5.74) is 7.04. The number of carbonyl (C=O) groups is 1. The highest BCUT2D eigenvalue weighted by atomic mass is 19.1. The van der Waals surface area contributed by atoms with Crippen molar-refractivity contribution in [2.75, 3.05) is 0 Å². The van der Waals surface area contributed by atoms with Crippen LogP contribution in [0, 0.1) is 5.82 Å². The molecule has 0 saturated heterocycles. The predicted molar refractivity (Wildman–Crippen MR) is 46.7 cm³/mol. The van der Waals surface area contributed by atoms with Crippen LogP contribution in [-0.4, -0.2) is 5.91 Å². The van der Waals surface area contributed by atoms with E-state index in [0.29, 0.717) is 6.42 Å². The van der Waals surface area contributed by atoms with Gasteiger partial charge in [-0.25, -0.2) is 4.39 Å². The van der Waals surface area contributed by atoms with Crippen molar-refractivity contribution in [2.45, 2.75) is 18.8 Å². The van der Waals surface area contributed by atoms with Gasteiger partial charge in [0, 0.05) is 0 Å². The maximum Gasteiger partial charge on any atom is 0.224 e. The van der Waals surface area contributed by atoms with Crippen LogP contribution in [0.4, 0.5) is 4.39 Å². The number of fused-ring (bicyclic) bond motifs is 1. The van der Waals surface area contributed by atoms with Crippen molar-refractivity contribution in [3.05, 3.63) is 35.1 Å². The minimum Gasteiger partial charge on any atom is -0.369 e. The molecule has 1 aromatic rings. The zero-order valence-corrected chi connectivity index (χ0v) is 7.09. The van der Waals surface area contributed by atoms with Gasteiger partial charge in [-0.1, -0.05) is 6.07 Å². The normalized spacial score (nSPS) is 19.9. The van der Waals surface area contributed by atoms with Crippen molar-refractivity contribution in [3.8, 4) is 0 Å². The lowest BCUT2D eigenvalue weighted by Crippen LogP contribution is -2.19. The summed E-state index contributed by atoms with van der Waals surface area (Å²) < 4.78 is 12.8. The summed E-state index contributed by atoms with van der Waals surface area (Å²) in [6.07, 6.45) is 1.47. The van der Waals surface area contributed by atoms with E-state index >= 15 is 0 Å². The van der Waals surface area contributed by atoms with E-state index in [-0.39, 0.29) is 17.6 Å². The van der Waals surface area contributed by atoms with Crippen LogP contribution < -0.4 is 5.73 Å². The standard InChI is InChI=1S/C10H10FNO/c11-7-2-4-8-6(5-7)1-3-9(8)10(12)13/h2,4-5,9H,1,3H2,(H2,12,13). The smallest absolute Gasteiger partial charge is 0.224 e. The molecule has 0 fully saturated rings. The number of hydrogen-bond acceptors (Lipinski definition) is 1. The molecular weight excluding hydrogens is 169 g/mol. The second-order valence-corrected chi connectivity index (χ2v) is 3.34. The van der Waals surface area contributed by atoms with Gasteiger partial charge in [0.25, 0.3) is 0 Å². The van der Waals surface area contributed by atoms with Gasteiger partial charge in [-0.15, -0.1) is 0 Å². The zero-order chi connectivity index (χ0) is 9.42. The molecule has 1 aromatic carbocycles. The Balaban J connectivity index is 2.44. The van der Waals surface area contributed by atoms with E-state index in [1.54, 1.807) is 6.07 Å². The van der Waals surface area contributed by atoms with Gasteiger partial charge in [0.1, 0.15) is 5.82 Å². The predicted octanol–water partition coefficient (Wildman–Crippen LogP) is 1.34. The van der Waals surface area contributed by atoms with Crippen LogP contribution in [0.1, 0.15) is 23.5 Å². The first kappa shape index (κ1) is 8.23. The molecule has 1 aliphatic rings. The SMILES string of the molecule is NC(=O)C1CCc2cc(F)ccc21. The van der Waals surface area contributed by atoms with Gasteiger partial charge in [-0.2, -0.15) is 0 Å². The average Bonchev–Trinajstić information content (AvgIpc) is 2.46. The zero-order valence-electron chi connectivity index (χ0n) is 7.09. The first-order valence-corrected chi connectivity index (χ1v) is 4.26. The number of benzene rings is 1. The Bertz CT molecular complexity index is 362. The minimum absolute atomic E-state index is 0.212. The Kier molecular flexibility index (Phi) is 1.79. The van der Waals surface area contributed by atoms with Crippen molar-refractivity contribution in [3.63, 3.8) is 0 Å². The Morgan fingerprint density at radius 2 is 2.31 bits per heavy atom. The fourth-order valence-corrected chi connectivity index (χ4v) is 1.88. The molecule has 13 heavy (non-hydrogen) atoms. The number of primary amides is 1. The number of hydrogen-bond donors (Lipinski definition) is 1. The van der Waals surface area contributed by atoms with Gasteiger partial charge in [0.05, 0.1) is 5.92 Å². The summed E-state index contributed by atoms with van der Waals surface area (Å²) >= 11 is 0. The van der Waals surface area contributed by atoms with Gasteiger partial charge in [-0.05, 0) is 36.1 Å². The number of carbonyl (C=O) groups excluding carboxylic acids is 1. The maximum absolute atomic E-state index is 12.8. The van der Waals surface area contributed by atoms with Crippen LogP contribution in [0.15, 0.2) is 18.2 Å². The number of rotatable bonds is 1. The molecule has 0 radical (unpaired) electrons. The molecule has 0 bridgehead atoms. The van der Waals surface area contributed by atoms with Crippen molar-refractivity contribution >= 4 is 5.91 Å². The monoisotopic (exact) mass is 179 g/mol. The van der Waals surface area contributed by atoms with Crippen LogP contribution in [-0.2, 0) is 11.2 Å². The topological polar surface area (TPSA) is 43.1 Å². The molecule has 1 atom stereocenters. The molecule has 0 spiro atoms. The van der Waals surface area contributed by atoms with Crippen LogP contribution in [0.25, 0.3) is 0 Å². The molecule has 1 unspecified atom stereocenters. The van der Waals surface area contributed by atoms with Gasteiger partial charge < -0.3 is 5.73 Å². The number of nitrogens with two attached hydrogens (primary N) is 1. The molecule has 0 aliphatic heterocycles. The van der Waals surface area contributed by atoms with Crippen LogP contribution in [0.5, 0.6) is 0 Å².